The number of rotatable bonds is 9. The molecule has 1 amide bonds. The predicted octanol–water partition coefficient (Wildman–Crippen LogP) is 1.64. The number of hydrogen-bond acceptors (Lipinski definition) is 7. The molecule has 1 heterocycles. The Labute approximate surface area is 173 Å². The summed E-state index contributed by atoms with van der Waals surface area (Å²) in [6.07, 6.45) is 3.43. The molecule has 0 aromatic carbocycles. The maximum absolute atomic E-state index is 12.3. The van der Waals surface area contributed by atoms with Gasteiger partial charge in [-0.15, -0.1) is 0 Å². The maximum atomic E-state index is 12.3. The SMILES string of the molecule is C=C(N)C1=CC=C(OC(=O)c2ccc(CC(C)C(=O)NC(C(=O)O)C(C)O)o2)CC1. The first-order valence-electron chi connectivity index (χ1n) is 9.45. The van der Waals surface area contributed by atoms with Crippen LogP contribution in [0.3, 0.4) is 0 Å². The van der Waals surface area contributed by atoms with E-state index in [4.69, 9.17) is 20.0 Å². The van der Waals surface area contributed by atoms with E-state index in [1.807, 2.05) is 0 Å². The first-order chi connectivity index (χ1) is 14.1. The van der Waals surface area contributed by atoms with Crippen molar-refractivity contribution < 1.29 is 33.8 Å². The van der Waals surface area contributed by atoms with Gasteiger partial charge in [0, 0.05) is 24.5 Å². The van der Waals surface area contributed by atoms with Gasteiger partial charge in [-0.3, -0.25) is 4.79 Å². The molecule has 0 saturated carbocycles. The van der Waals surface area contributed by atoms with Crippen molar-refractivity contribution in [2.75, 3.05) is 0 Å². The molecule has 3 unspecified atom stereocenters. The van der Waals surface area contributed by atoms with E-state index in [0.29, 0.717) is 30.1 Å². The molecule has 1 aliphatic rings. The monoisotopic (exact) mass is 418 g/mol. The Morgan fingerprint density at radius 3 is 2.50 bits per heavy atom. The van der Waals surface area contributed by atoms with Gasteiger partial charge in [-0.2, -0.15) is 0 Å². The molecule has 1 aromatic rings. The standard InChI is InChI=1S/C21H26N2O7/c1-11(19(25)23-18(13(3)24)20(26)27)10-16-8-9-17(29-16)21(28)30-15-6-4-14(5-7-15)12(2)22/h4,6,8-9,11,13,18,24H,2,5,7,10,22H2,1,3H3,(H,23,25)(H,26,27). The number of aliphatic hydroxyl groups excluding tert-OH is 1. The highest BCUT2D eigenvalue weighted by Gasteiger charge is 2.27. The summed E-state index contributed by atoms with van der Waals surface area (Å²) in [6.45, 7) is 6.53. The van der Waals surface area contributed by atoms with E-state index in [1.165, 1.54) is 13.0 Å². The summed E-state index contributed by atoms with van der Waals surface area (Å²) in [4.78, 5) is 35.5. The fraction of sp³-hybridized carbons (Fsp3) is 0.381. The van der Waals surface area contributed by atoms with E-state index < -0.39 is 35.9 Å². The van der Waals surface area contributed by atoms with Crippen molar-refractivity contribution in [3.63, 3.8) is 0 Å². The quantitative estimate of drug-likeness (QED) is 0.442. The van der Waals surface area contributed by atoms with Crippen LogP contribution in [0.1, 0.15) is 43.0 Å². The second-order valence-electron chi connectivity index (χ2n) is 7.18. The molecule has 0 spiro atoms. The van der Waals surface area contributed by atoms with Crippen molar-refractivity contribution >= 4 is 17.8 Å². The molecule has 0 radical (unpaired) electrons. The summed E-state index contributed by atoms with van der Waals surface area (Å²) in [6, 6.07) is 1.59. The lowest BCUT2D eigenvalue weighted by Crippen LogP contribution is -2.49. The summed E-state index contributed by atoms with van der Waals surface area (Å²) >= 11 is 0. The summed E-state index contributed by atoms with van der Waals surface area (Å²) in [5, 5.41) is 20.8. The highest BCUT2D eigenvalue weighted by molar-refractivity contribution is 5.87. The molecule has 2 rings (SSSR count). The number of carbonyl (C=O) groups is 3. The van der Waals surface area contributed by atoms with Crippen LogP contribution in [0.2, 0.25) is 0 Å². The van der Waals surface area contributed by atoms with E-state index in [0.717, 1.165) is 5.57 Å². The minimum Gasteiger partial charge on any atom is -0.480 e. The number of furan rings is 1. The van der Waals surface area contributed by atoms with E-state index >= 15 is 0 Å². The highest BCUT2D eigenvalue weighted by atomic mass is 16.5. The lowest BCUT2D eigenvalue weighted by Gasteiger charge is -2.19. The lowest BCUT2D eigenvalue weighted by molar-refractivity contribution is -0.145. The van der Waals surface area contributed by atoms with E-state index in [-0.39, 0.29) is 12.2 Å². The zero-order valence-electron chi connectivity index (χ0n) is 16.9. The first-order valence-corrected chi connectivity index (χ1v) is 9.45. The number of aliphatic carboxylic acids is 1. The molecular formula is C21H26N2O7. The van der Waals surface area contributed by atoms with Crippen LogP contribution in [0.4, 0.5) is 0 Å². The van der Waals surface area contributed by atoms with E-state index in [2.05, 4.69) is 11.9 Å². The van der Waals surface area contributed by atoms with E-state index in [1.54, 1.807) is 25.1 Å². The Hall–Kier alpha value is -3.33. The Balaban J connectivity index is 1.94. The van der Waals surface area contributed by atoms with Crippen molar-refractivity contribution in [3.8, 4) is 0 Å². The van der Waals surface area contributed by atoms with Gasteiger partial charge in [0.25, 0.3) is 0 Å². The number of carbonyl (C=O) groups excluding carboxylic acids is 2. The zero-order valence-corrected chi connectivity index (χ0v) is 16.9. The first kappa shape index (κ1) is 23.0. The third-order valence-electron chi connectivity index (χ3n) is 4.61. The number of carboxylic acids is 1. The number of nitrogens with two attached hydrogens (primary N) is 1. The van der Waals surface area contributed by atoms with Gasteiger partial charge in [0.2, 0.25) is 11.7 Å². The number of allylic oxidation sites excluding steroid dienone is 4. The fourth-order valence-electron chi connectivity index (χ4n) is 2.82. The Bertz CT molecular complexity index is 895. The molecule has 3 atom stereocenters. The predicted molar refractivity (Wildman–Crippen MR) is 107 cm³/mol. The third-order valence-corrected chi connectivity index (χ3v) is 4.61. The van der Waals surface area contributed by atoms with Crippen LogP contribution in [0.15, 0.2) is 52.3 Å². The van der Waals surface area contributed by atoms with Crippen LogP contribution < -0.4 is 11.1 Å². The molecule has 0 saturated heterocycles. The van der Waals surface area contributed by atoms with Gasteiger partial charge in [0.05, 0.1) is 6.10 Å². The second-order valence-corrected chi connectivity index (χ2v) is 7.18. The van der Waals surface area contributed by atoms with Crippen molar-refractivity contribution in [1.82, 2.24) is 5.32 Å². The van der Waals surface area contributed by atoms with Gasteiger partial charge < -0.3 is 30.4 Å². The smallest absolute Gasteiger partial charge is 0.379 e. The minimum absolute atomic E-state index is 0.0103. The zero-order chi connectivity index (χ0) is 22.4. The number of esters is 1. The number of aliphatic hydroxyl groups is 1. The molecule has 1 aromatic heterocycles. The van der Waals surface area contributed by atoms with Gasteiger partial charge in [-0.05, 0) is 37.1 Å². The number of ether oxygens (including phenoxy) is 1. The Morgan fingerprint density at radius 1 is 1.27 bits per heavy atom. The van der Waals surface area contributed by atoms with Gasteiger partial charge in [0.15, 0.2) is 6.04 Å². The van der Waals surface area contributed by atoms with Crippen molar-refractivity contribution in [2.24, 2.45) is 11.7 Å². The van der Waals surface area contributed by atoms with Crippen LogP contribution in [-0.2, 0) is 20.7 Å². The number of nitrogens with one attached hydrogen (secondary N) is 1. The second kappa shape index (κ2) is 9.93. The molecular weight excluding hydrogens is 392 g/mol. The summed E-state index contributed by atoms with van der Waals surface area (Å²) in [5.41, 5.74) is 7.01. The van der Waals surface area contributed by atoms with Crippen molar-refractivity contribution in [1.29, 1.82) is 0 Å². The Kier molecular flexibility index (Phi) is 7.60. The van der Waals surface area contributed by atoms with Crippen LogP contribution in [0.25, 0.3) is 0 Å². The topological polar surface area (TPSA) is 152 Å². The molecule has 30 heavy (non-hydrogen) atoms. The average Bonchev–Trinajstić information content (AvgIpc) is 3.14. The summed E-state index contributed by atoms with van der Waals surface area (Å²) in [5.74, 6) is -2.35. The number of hydrogen-bond donors (Lipinski definition) is 4. The highest BCUT2D eigenvalue weighted by Crippen LogP contribution is 2.23. The van der Waals surface area contributed by atoms with Crippen LogP contribution in [0, 0.1) is 5.92 Å². The van der Waals surface area contributed by atoms with Crippen molar-refractivity contribution in [2.45, 2.75) is 45.3 Å². The van der Waals surface area contributed by atoms with Gasteiger partial charge in [-0.25, -0.2) is 9.59 Å². The molecule has 0 bridgehead atoms. The average molecular weight is 418 g/mol. The van der Waals surface area contributed by atoms with Gasteiger partial charge in [-0.1, -0.05) is 19.6 Å². The molecule has 9 heteroatoms. The normalized spacial score (nSPS) is 16.5. The minimum atomic E-state index is -1.41. The lowest BCUT2D eigenvalue weighted by atomic mass is 10.0. The molecule has 0 aliphatic heterocycles. The van der Waals surface area contributed by atoms with Crippen LogP contribution in [-0.4, -0.2) is 40.2 Å². The summed E-state index contributed by atoms with van der Waals surface area (Å²) < 4.78 is 10.8. The van der Waals surface area contributed by atoms with Crippen LogP contribution >= 0.6 is 0 Å². The van der Waals surface area contributed by atoms with Crippen LogP contribution in [0.5, 0.6) is 0 Å². The largest absolute Gasteiger partial charge is 0.480 e. The van der Waals surface area contributed by atoms with Gasteiger partial charge >= 0.3 is 11.9 Å². The molecule has 1 aliphatic carbocycles. The fourth-order valence-corrected chi connectivity index (χ4v) is 2.82. The Morgan fingerprint density at radius 2 is 1.97 bits per heavy atom. The number of carboxylic acid groups (broad SMARTS) is 1. The maximum Gasteiger partial charge on any atom is 0.379 e. The van der Waals surface area contributed by atoms with Crippen molar-refractivity contribution in [3.05, 3.63) is 59.4 Å². The molecule has 162 valence electrons. The molecule has 9 nitrogen and oxygen atoms in total. The van der Waals surface area contributed by atoms with E-state index in [9.17, 15) is 19.5 Å². The number of amides is 1. The molecule has 0 fully saturated rings. The third kappa shape index (κ3) is 6.08. The van der Waals surface area contributed by atoms with Gasteiger partial charge in [0.1, 0.15) is 11.5 Å². The molecule has 5 N–H and O–H groups in total. The summed E-state index contributed by atoms with van der Waals surface area (Å²) in [7, 11) is 0.